The molecule has 0 aromatic carbocycles. The van der Waals surface area contributed by atoms with Gasteiger partial charge in [-0.2, -0.15) is 0 Å². The molecule has 1 saturated carbocycles. The minimum absolute atomic E-state index is 0.452. The highest BCUT2D eigenvalue weighted by Gasteiger charge is 2.25. The van der Waals surface area contributed by atoms with Crippen molar-refractivity contribution < 1.29 is 0 Å². The Morgan fingerprint density at radius 2 is 2.18 bits per heavy atom. The van der Waals surface area contributed by atoms with Gasteiger partial charge in [0.2, 0.25) is 0 Å². The second-order valence-corrected chi connectivity index (χ2v) is 5.12. The molecular weight excluding hydrogens is 212 g/mol. The lowest BCUT2D eigenvalue weighted by Gasteiger charge is -2.16. The van der Waals surface area contributed by atoms with Gasteiger partial charge < -0.3 is 10.2 Å². The Balaban J connectivity index is 1.79. The minimum atomic E-state index is 0.452. The lowest BCUT2D eigenvalue weighted by atomic mass is 10.1. The molecule has 17 heavy (non-hydrogen) atoms. The standard InChI is InChI=1S/C13H22N4/c1-10(2)12-8-13(16-9-15-12)14-6-7-17(3)11-4-5-11/h8-11H,4-7H2,1-3H3,(H,14,15,16). The highest BCUT2D eigenvalue weighted by atomic mass is 15.2. The Bertz CT molecular complexity index is 360. The van der Waals surface area contributed by atoms with Crippen LogP contribution in [0.5, 0.6) is 0 Å². The topological polar surface area (TPSA) is 41.0 Å². The summed E-state index contributed by atoms with van der Waals surface area (Å²) in [6.07, 6.45) is 4.37. The van der Waals surface area contributed by atoms with E-state index in [0.29, 0.717) is 5.92 Å². The second-order valence-electron chi connectivity index (χ2n) is 5.12. The normalized spacial score (nSPS) is 15.6. The van der Waals surface area contributed by atoms with Gasteiger partial charge in [-0.1, -0.05) is 13.8 Å². The van der Waals surface area contributed by atoms with E-state index in [-0.39, 0.29) is 0 Å². The van der Waals surface area contributed by atoms with Crippen molar-refractivity contribution >= 4 is 5.82 Å². The van der Waals surface area contributed by atoms with E-state index in [9.17, 15) is 0 Å². The van der Waals surface area contributed by atoms with Gasteiger partial charge in [0.25, 0.3) is 0 Å². The van der Waals surface area contributed by atoms with Gasteiger partial charge in [0.05, 0.1) is 0 Å². The first kappa shape index (κ1) is 12.3. The molecule has 0 bridgehead atoms. The highest BCUT2D eigenvalue weighted by molar-refractivity contribution is 5.35. The summed E-state index contributed by atoms with van der Waals surface area (Å²) in [6, 6.07) is 2.87. The zero-order chi connectivity index (χ0) is 12.3. The lowest BCUT2D eigenvalue weighted by Crippen LogP contribution is -2.27. The molecule has 0 amide bonds. The molecule has 0 radical (unpaired) electrons. The zero-order valence-corrected chi connectivity index (χ0v) is 11.0. The smallest absolute Gasteiger partial charge is 0.129 e. The molecule has 0 spiro atoms. The van der Waals surface area contributed by atoms with Gasteiger partial charge in [0, 0.05) is 30.9 Å². The number of hydrogen-bond acceptors (Lipinski definition) is 4. The molecule has 4 nitrogen and oxygen atoms in total. The molecule has 0 saturated heterocycles. The van der Waals surface area contributed by atoms with E-state index in [1.807, 2.05) is 6.07 Å². The maximum absolute atomic E-state index is 4.26. The fraction of sp³-hybridized carbons (Fsp3) is 0.692. The molecule has 0 unspecified atom stereocenters. The number of aromatic nitrogens is 2. The maximum Gasteiger partial charge on any atom is 0.129 e. The predicted molar refractivity (Wildman–Crippen MR) is 70.3 cm³/mol. The van der Waals surface area contributed by atoms with Gasteiger partial charge in [0.15, 0.2) is 0 Å². The lowest BCUT2D eigenvalue weighted by molar-refractivity contribution is 0.337. The average Bonchev–Trinajstić information content (AvgIpc) is 3.13. The van der Waals surface area contributed by atoms with Crippen LogP contribution in [0.1, 0.15) is 38.3 Å². The summed E-state index contributed by atoms with van der Waals surface area (Å²) in [5.74, 6) is 1.39. The molecule has 1 heterocycles. The van der Waals surface area contributed by atoms with E-state index in [1.54, 1.807) is 6.33 Å². The maximum atomic E-state index is 4.26. The Labute approximate surface area is 103 Å². The van der Waals surface area contributed by atoms with Crippen LogP contribution in [0.15, 0.2) is 12.4 Å². The van der Waals surface area contributed by atoms with Gasteiger partial charge in [-0.25, -0.2) is 9.97 Å². The van der Waals surface area contributed by atoms with E-state index >= 15 is 0 Å². The van der Waals surface area contributed by atoms with Crippen molar-refractivity contribution in [2.45, 2.75) is 38.6 Å². The third-order valence-corrected chi connectivity index (χ3v) is 3.22. The fourth-order valence-corrected chi connectivity index (χ4v) is 1.84. The van der Waals surface area contributed by atoms with Crippen LogP contribution in [0.25, 0.3) is 0 Å². The summed E-state index contributed by atoms with van der Waals surface area (Å²) in [6.45, 7) is 6.31. The van der Waals surface area contributed by atoms with Gasteiger partial charge in [-0.15, -0.1) is 0 Å². The van der Waals surface area contributed by atoms with Crippen molar-refractivity contribution in [2.75, 3.05) is 25.5 Å². The number of likely N-dealkylation sites (N-methyl/N-ethyl adjacent to an activating group) is 1. The first-order valence-electron chi connectivity index (χ1n) is 6.43. The van der Waals surface area contributed by atoms with E-state index in [0.717, 1.165) is 30.6 Å². The van der Waals surface area contributed by atoms with Crippen molar-refractivity contribution in [1.29, 1.82) is 0 Å². The van der Waals surface area contributed by atoms with Crippen LogP contribution in [-0.4, -0.2) is 41.0 Å². The number of nitrogens with one attached hydrogen (secondary N) is 1. The predicted octanol–water partition coefficient (Wildman–Crippen LogP) is 2.11. The van der Waals surface area contributed by atoms with E-state index in [4.69, 9.17) is 0 Å². The molecule has 0 aliphatic heterocycles. The average molecular weight is 234 g/mol. The molecule has 1 fully saturated rings. The van der Waals surface area contributed by atoms with Crippen LogP contribution < -0.4 is 5.32 Å². The van der Waals surface area contributed by atoms with E-state index in [2.05, 4.69) is 41.1 Å². The summed E-state index contributed by atoms with van der Waals surface area (Å²) in [5.41, 5.74) is 1.10. The Morgan fingerprint density at radius 1 is 1.41 bits per heavy atom. The molecule has 1 aromatic rings. The summed E-state index contributed by atoms with van der Waals surface area (Å²) >= 11 is 0. The number of nitrogens with zero attached hydrogens (tertiary/aromatic N) is 3. The molecule has 1 N–H and O–H groups in total. The highest BCUT2D eigenvalue weighted by Crippen LogP contribution is 2.24. The summed E-state index contributed by atoms with van der Waals surface area (Å²) in [7, 11) is 2.19. The third kappa shape index (κ3) is 3.66. The van der Waals surface area contributed by atoms with E-state index < -0.39 is 0 Å². The number of hydrogen-bond donors (Lipinski definition) is 1. The Morgan fingerprint density at radius 3 is 2.82 bits per heavy atom. The van der Waals surface area contributed by atoms with Crippen molar-refractivity contribution in [3.63, 3.8) is 0 Å². The number of anilines is 1. The van der Waals surface area contributed by atoms with Crippen molar-refractivity contribution in [3.8, 4) is 0 Å². The fourth-order valence-electron chi connectivity index (χ4n) is 1.84. The van der Waals surface area contributed by atoms with Crippen molar-refractivity contribution in [3.05, 3.63) is 18.1 Å². The van der Waals surface area contributed by atoms with E-state index in [1.165, 1.54) is 12.8 Å². The summed E-state index contributed by atoms with van der Waals surface area (Å²) in [4.78, 5) is 10.9. The molecule has 1 aliphatic rings. The monoisotopic (exact) mass is 234 g/mol. The largest absolute Gasteiger partial charge is 0.369 e. The minimum Gasteiger partial charge on any atom is -0.369 e. The Hall–Kier alpha value is -1.16. The first-order chi connectivity index (χ1) is 8.16. The quantitative estimate of drug-likeness (QED) is 0.818. The zero-order valence-electron chi connectivity index (χ0n) is 11.0. The molecule has 4 heteroatoms. The number of rotatable bonds is 6. The Kier molecular flexibility index (Phi) is 3.94. The van der Waals surface area contributed by atoms with Gasteiger partial charge in [-0.05, 0) is 25.8 Å². The molecule has 1 aromatic heterocycles. The van der Waals surface area contributed by atoms with Crippen LogP contribution in [0, 0.1) is 0 Å². The summed E-state index contributed by atoms with van der Waals surface area (Å²) in [5, 5.41) is 3.36. The summed E-state index contributed by atoms with van der Waals surface area (Å²) < 4.78 is 0. The molecule has 0 atom stereocenters. The van der Waals surface area contributed by atoms with Gasteiger partial charge >= 0.3 is 0 Å². The molecule has 1 aliphatic carbocycles. The van der Waals surface area contributed by atoms with Crippen LogP contribution in [0.2, 0.25) is 0 Å². The van der Waals surface area contributed by atoms with Crippen molar-refractivity contribution in [2.24, 2.45) is 0 Å². The van der Waals surface area contributed by atoms with Gasteiger partial charge in [0.1, 0.15) is 12.1 Å². The third-order valence-electron chi connectivity index (χ3n) is 3.22. The van der Waals surface area contributed by atoms with Crippen molar-refractivity contribution in [1.82, 2.24) is 14.9 Å². The van der Waals surface area contributed by atoms with Crippen LogP contribution in [0.4, 0.5) is 5.82 Å². The first-order valence-corrected chi connectivity index (χ1v) is 6.43. The van der Waals surface area contributed by atoms with Gasteiger partial charge in [-0.3, -0.25) is 0 Å². The SMILES string of the molecule is CC(C)c1cc(NCCN(C)C2CC2)ncn1. The van der Waals surface area contributed by atoms with Crippen LogP contribution >= 0.6 is 0 Å². The van der Waals surface area contributed by atoms with Crippen LogP contribution in [-0.2, 0) is 0 Å². The molecule has 94 valence electrons. The molecule has 2 rings (SSSR count). The molecular formula is C13H22N4. The second kappa shape index (κ2) is 5.45. The van der Waals surface area contributed by atoms with Crippen LogP contribution in [0.3, 0.4) is 0 Å².